The molecule has 0 fully saturated rings. The molecular formula is C17H17ClN2. The molecule has 1 atom stereocenters. The first kappa shape index (κ1) is 14.6. The first-order valence-corrected chi connectivity index (χ1v) is 6.97. The lowest BCUT2D eigenvalue weighted by atomic mass is 10.0. The zero-order valence-electron chi connectivity index (χ0n) is 11.7. The van der Waals surface area contributed by atoms with Gasteiger partial charge in [0, 0.05) is 17.6 Å². The Morgan fingerprint density at radius 3 is 2.65 bits per heavy atom. The normalized spacial score (nSPS) is 11.9. The van der Waals surface area contributed by atoms with E-state index >= 15 is 0 Å². The van der Waals surface area contributed by atoms with E-state index in [1.165, 1.54) is 5.56 Å². The van der Waals surface area contributed by atoms with Gasteiger partial charge >= 0.3 is 0 Å². The molecule has 0 aromatic heterocycles. The van der Waals surface area contributed by atoms with E-state index in [1.807, 2.05) is 49.4 Å². The number of rotatable bonds is 4. The van der Waals surface area contributed by atoms with Crippen LogP contribution in [0.2, 0.25) is 5.02 Å². The van der Waals surface area contributed by atoms with E-state index in [1.54, 1.807) is 0 Å². The van der Waals surface area contributed by atoms with E-state index in [-0.39, 0.29) is 6.04 Å². The molecule has 0 spiro atoms. The molecule has 2 aromatic rings. The third kappa shape index (κ3) is 3.39. The maximum Gasteiger partial charge on any atom is 0.0991 e. The summed E-state index contributed by atoms with van der Waals surface area (Å²) in [5.41, 5.74) is 4.12. The average Bonchev–Trinajstić information content (AvgIpc) is 2.46. The van der Waals surface area contributed by atoms with Crippen molar-refractivity contribution in [2.24, 2.45) is 0 Å². The second-order valence-corrected chi connectivity index (χ2v) is 5.28. The fourth-order valence-electron chi connectivity index (χ4n) is 2.16. The van der Waals surface area contributed by atoms with Crippen molar-refractivity contribution in [2.75, 3.05) is 0 Å². The largest absolute Gasteiger partial charge is 0.306 e. The Kier molecular flexibility index (Phi) is 4.79. The standard InChI is InChI=1S/C17H17ClN2/c1-12-9-14(10-19)7-8-15(12)11-20-13(2)16-5-3-4-6-17(16)18/h3-9,13,20H,11H2,1-2H3/t13-/m0/s1. The molecule has 0 saturated carbocycles. The Balaban J connectivity index is 2.06. The summed E-state index contributed by atoms with van der Waals surface area (Å²) in [7, 11) is 0. The van der Waals surface area contributed by atoms with E-state index in [9.17, 15) is 0 Å². The van der Waals surface area contributed by atoms with Crippen molar-refractivity contribution in [3.05, 3.63) is 69.7 Å². The molecule has 0 aliphatic rings. The number of aryl methyl sites for hydroxylation is 1. The number of nitriles is 1. The molecule has 0 aliphatic heterocycles. The molecule has 2 rings (SSSR count). The molecule has 0 amide bonds. The highest BCUT2D eigenvalue weighted by Crippen LogP contribution is 2.22. The lowest BCUT2D eigenvalue weighted by molar-refractivity contribution is 0.573. The Morgan fingerprint density at radius 2 is 2.00 bits per heavy atom. The molecular weight excluding hydrogens is 268 g/mol. The lowest BCUT2D eigenvalue weighted by Gasteiger charge is -2.16. The second kappa shape index (κ2) is 6.56. The summed E-state index contributed by atoms with van der Waals surface area (Å²) in [5, 5.41) is 13.1. The number of hydrogen-bond acceptors (Lipinski definition) is 2. The fraction of sp³-hybridized carbons (Fsp3) is 0.235. The van der Waals surface area contributed by atoms with E-state index in [2.05, 4.69) is 18.3 Å². The number of benzene rings is 2. The summed E-state index contributed by atoms with van der Waals surface area (Å²) in [5.74, 6) is 0. The first-order chi connectivity index (χ1) is 9.61. The molecule has 0 unspecified atom stereocenters. The predicted molar refractivity (Wildman–Crippen MR) is 82.6 cm³/mol. The van der Waals surface area contributed by atoms with Crippen LogP contribution < -0.4 is 5.32 Å². The summed E-state index contributed by atoms with van der Waals surface area (Å²) < 4.78 is 0. The van der Waals surface area contributed by atoms with Crippen LogP contribution in [0.15, 0.2) is 42.5 Å². The van der Waals surface area contributed by atoms with Crippen molar-refractivity contribution in [3.8, 4) is 6.07 Å². The highest BCUT2D eigenvalue weighted by Gasteiger charge is 2.09. The quantitative estimate of drug-likeness (QED) is 0.905. The zero-order valence-corrected chi connectivity index (χ0v) is 12.4. The van der Waals surface area contributed by atoms with Crippen LogP contribution in [0.3, 0.4) is 0 Å². The van der Waals surface area contributed by atoms with Crippen LogP contribution in [-0.2, 0) is 6.54 Å². The van der Waals surface area contributed by atoms with Gasteiger partial charge < -0.3 is 5.32 Å². The Bertz CT molecular complexity index is 644. The van der Waals surface area contributed by atoms with Crippen molar-refractivity contribution < 1.29 is 0 Å². The van der Waals surface area contributed by atoms with Crippen molar-refractivity contribution >= 4 is 11.6 Å². The van der Waals surface area contributed by atoms with Gasteiger partial charge in [-0.2, -0.15) is 5.26 Å². The molecule has 2 aromatic carbocycles. The Labute approximate surface area is 125 Å². The van der Waals surface area contributed by atoms with Gasteiger partial charge in [0.2, 0.25) is 0 Å². The molecule has 102 valence electrons. The van der Waals surface area contributed by atoms with Crippen LogP contribution in [0.25, 0.3) is 0 Å². The molecule has 0 saturated heterocycles. The molecule has 20 heavy (non-hydrogen) atoms. The summed E-state index contributed by atoms with van der Waals surface area (Å²) in [4.78, 5) is 0. The number of nitrogens with one attached hydrogen (secondary N) is 1. The Hall–Kier alpha value is -1.82. The summed E-state index contributed by atoms with van der Waals surface area (Å²) in [6.07, 6.45) is 0. The van der Waals surface area contributed by atoms with Gasteiger partial charge in [0.1, 0.15) is 0 Å². The van der Waals surface area contributed by atoms with Crippen molar-refractivity contribution in [3.63, 3.8) is 0 Å². The van der Waals surface area contributed by atoms with Gasteiger partial charge in [-0.3, -0.25) is 0 Å². The molecule has 0 bridgehead atoms. The fourth-order valence-corrected chi connectivity index (χ4v) is 2.46. The number of nitrogens with zero attached hydrogens (tertiary/aromatic N) is 1. The molecule has 1 N–H and O–H groups in total. The SMILES string of the molecule is Cc1cc(C#N)ccc1CN[C@@H](C)c1ccccc1Cl. The van der Waals surface area contributed by atoms with E-state index in [0.29, 0.717) is 5.56 Å². The van der Waals surface area contributed by atoms with Crippen LogP contribution in [-0.4, -0.2) is 0 Å². The van der Waals surface area contributed by atoms with Crippen LogP contribution in [0.1, 0.15) is 35.2 Å². The van der Waals surface area contributed by atoms with Crippen LogP contribution in [0, 0.1) is 18.3 Å². The predicted octanol–water partition coefficient (Wildman–Crippen LogP) is 4.37. The van der Waals surface area contributed by atoms with Crippen molar-refractivity contribution in [2.45, 2.75) is 26.4 Å². The first-order valence-electron chi connectivity index (χ1n) is 6.59. The number of halogens is 1. The second-order valence-electron chi connectivity index (χ2n) is 4.88. The van der Waals surface area contributed by atoms with Gasteiger partial charge in [0.15, 0.2) is 0 Å². The zero-order chi connectivity index (χ0) is 14.5. The van der Waals surface area contributed by atoms with Gasteiger partial charge in [0.05, 0.1) is 11.6 Å². The maximum absolute atomic E-state index is 8.87. The maximum atomic E-state index is 8.87. The lowest BCUT2D eigenvalue weighted by Crippen LogP contribution is -2.19. The third-order valence-electron chi connectivity index (χ3n) is 3.44. The minimum absolute atomic E-state index is 0.179. The molecule has 2 nitrogen and oxygen atoms in total. The third-order valence-corrected chi connectivity index (χ3v) is 3.79. The topological polar surface area (TPSA) is 35.8 Å². The molecule has 0 heterocycles. The number of hydrogen-bond donors (Lipinski definition) is 1. The van der Waals surface area contributed by atoms with Gasteiger partial charge in [-0.15, -0.1) is 0 Å². The van der Waals surface area contributed by atoms with Crippen LogP contribution in [0.5, 0.6) is 0 Å². The van der Waals surface area contributed by atoms with Crippen molar-refractivity contribution in [1.82, 2.24) is 5.32 Å². The summed E-state index contributed by atoms with van der Waals surface area (Å²) in [6.45, 7) is 4.88. The summed E-state index contributed by atoms with van der Waals surface area (Å²) >= 11 is 6.20. The average molecular weight is 285 g/mol. The summed E-state index contributed by atoms with van der Waals surface area (Å²) in [6, 6.07) is 16.0. The van der Waals surface area contributed by atoms with E-state index < -0.39 is 0 Å². The molecule has 0 radical (unpaired) electrons. The van der Waals surface area contributed by atoms with Crippen molar-refractivity contribution in [1.29, 1.82) is 5.26 Å². The van der Waals surface area contributed by atoms with E-state index in [0.717, 1.165) is 22.7 Å². The monoisotopic (exact) mass is 284 g/mol. The van der Waals surface area contributed by atoms with Gasteiger partial charge in [-0.25, -0.2) is 0 Å². The highest BCUT2D eigenvalue weighted by atomic mass is 35.5. The van der Waals surface area contributed by atoms with Gasteiger partial charge in [-0.05, 0) is 48.7 Å². The molecule has 0 aliphatic carbocycles. The minimum atomic E-state index is 0.179. The van der Waals surface area contributed by atoms with Crippen LogP contribution in [0.4, 0.5) is 0 Å². The van der Waals surface area contributed by atoms with E-state index in [4.69, 9.17) is 16.9 Å². The van der Waals surface area contributed by atoms with Gasteiger partial charge in [0.25, 0.3) is 0 Å². The smallest absolute Gasteiger partial charge is 0.0991 e. The highest BCUT2D eigenvalue weighted by molar-refractivity contribution is 6.31. The van der Waals surface area contributed by atoms with Crippen LogP contribution >= 0.6 is 11.6 Å². The molecule has 3 heteroatoms. The Morgan fingerprint density at radius 1 is 1.25 bits per heavy atom. The minimum Gasteiger partial charge on any atom is -0.306 e. The van der Waals surface area contributed by atoms with Gasteiger partial charge in [-0.1, -0.05) is 35.9 Å².